The molecule has 0 spiro atoms. The molecule has 0 aliphatic carbocycles. The Kier molecular flexibility index (Phi) is 2.91. The molecule has 0 saturated carbocycles. The van der Waals surface area contributed by atoms with Crippen molar-refractivity contribution in [3.63, 3.8) is 0 Å². The first kappa shape index (κ1) is 11.5. The van der Waals surface area contributed by atoms with E-state index in [-0.39, 0.29) is 5.41 Å². The summed E-state index contributed by atoms with van der Waals surface area (Å²) in [6.07, 6.45) is 6.50. The van der Waals surface area contributed by atoms with Crippen molar-refractivity contribution in [3.8, 4) is 11.4 Å². The van der Waals surface area contributed by atoms with Gasteiger partial charge in [-0.3, -0.25) is 0 Å². The Bertz CT molecular complexity index is 498. The van der Waals surface area contributed by atoms with Crippen LogP contribution in [0, 0.1) is 0 Å². The number of nitrogens with zero attached hydrogens (tertiary/aromatic N) is 2. The molecule has 0 aromatic carbocycles. The second-order valence-electron chi connectivity index (χ2n) is 4.89. The lowest BCUT2D eigenvalue weighted by atomic mass is 9.82. The summed E-state index contributed by atoms with van der Waals surface area (Å²) in [5.41, 5.74) is 0.881. The molecule has 18 heavy (non-hydrogen) atoms. The zero-order valence-corrected chi connectivity index (χ0v) is 10.5. The molecule has 96 valence electrons. The van der Waals surface area contributed by atoms with Crippen molar-refractivity contribution >= 4 is 0 Å². The minimum atomic E-state index is 0.0176. The van der Waals surface area contributed by atoms with Crippen molar-refractivity contribution in [2.45, 2.75) is 31.6 Å². The molecule has 1 aliphatic heterocycles. The molecule has 1 unspecified atom stereocenters. The van der Waals surface area contributed by atoms with Gasteiger partial charge in [-0.2, -0.15) is 4.98 Å². The number of hydrogen-bond donors (Lipinski definition) is 1. The summed E-state index contributed by atoms with van der Waals surface area (Å²) in [6.45, 7) is 4.13. The van der Waals surface area contributed by atoms with Crippen LogP contribution in [0.1, 0.15) is 32.1 Å². The second kappa shape index (κ2) is 4.57. The van der Waals surface area contributed by atoms with Crippen molar-refractivity contribution in [2.75, 3.05) is 13.1 Å². The van der Waals surface area contributed by atoms with E-state index in [1.54, 1.807) is 12.5 Å². The topological polar surface area (TPSA) is 64.1 Å². The van der Waals surface area contributed by atoms with Gasteiger partial charge in [-0.15, -0.1) is 0 Å². The number of hydrogen-bond acceptors (Lipinski definition) is 5. The van der Waals surface area contributed by atoms with Gasteiger partial charge in [0.15, 0.2) is 0 Å². The number of rotatable bonds is 4. The van der Waals surface area contributed by atoms with Crippen LogP contribution in [0.4, 0.5) is 0 Å². The Morgan fingerprint density at radius 3 is 3.11 bits per heavy atom. The molecule has 0 bridgehead atoms. The molecule has 1 saturated heterocycles. The van der Waals surface area contributed by atoms with E-state index in [2.05, 4.69) is 22.4 Å². The maximum absolute atomic E-state index is 5.49. The SMILES string of the molecule is CCCC1(c2nc(-c3ccoc3)no2)CCNC1. The molecule has 1 N–H and O–H groups in total. The molecular formula is C13H17N3O2. The molecule has 1 aliphatic rings. The molecule has 1 fully saturated rings. The predicted molar refractivity (Wildman–Crippen MR) is 66.1 cm³/mol. The Hall–Kier alpha value is -1.62. The number of furan rings is 1. The highest BCUT2D eigenvalue weighted by Gasteiger charge is 2.40. The largest absolute Gasteiger partial charge is 0.472 e. The minimum absolute atomic E-state index is 0.0176. The Morgan fingerprint density at radius 1 is 1.50 bits per heavy atom. The lowest BCUT2D eigenvalue weighted by molar-refractivity contribution is 0.277. The zero-order chi connectivity index (χ0) is 12.4. The molecule has 5 heteroatoms. The van der Waals surface area contributed by atoms with Gasteiger partial charge in [-0.1, -0.05) is 18.5 Å². The van der Waals surface area contributed by atoms with Crippen LogP contribution in [-0.4, -0.2) is 23.2 Å². The van der Waals surface area contributed by atoms with Gasteiger partial charge in [-0.05, 0) is 25.5 Å². The number of nitrogens with one attached hydrogen (secondary N) is 1. The molecule has 3 rings (SSSR count). The highest BCUT2D eigenvalue weighted by molar-refractivity contribution is 5.51. The van der Waals surface area contributed by atoms with Gasteiger partial charge in [0.05, 0.1) is 17.2 Å². The molecular weight excluding hydrogens is 230 g/mol. The fraction of sp³-hybridized carbons (Fsp3) is 0.538. The van der Waals surface area contributed by atoms with Gasteiger partial charge in [-0.25, -0.2) is 0 Å². The van der Waals surface area contributed by atoms with E-state index in [9.17, 15) is 0 Å². The van der Waals surface area contributed by atoms with Crippen molar-refractivity contribution in [1.82, 2.24) is 15.5 Å². The molecule has 5 nitrogen and oxygen atoms in total. The summed E-state index contributed by atoms with van der Waals surface area (Å²) < 4.78 is 10.5. The van der Waals surface area contributed by atoms with Crippen LogP contribution in [0.15, 0.2) is 27.5 Å². The van der Waals surface area contributed by atoms with Gasteiger partial charge in [0, 0.05) is 6.54 Å². The first-order valence-electron chi connectivity index (χ1n) is 6.41. The molecule has 2 aromatic heterocycles. The number of aromatic nitrogens is 2. The van der Waals surface area contributed by atoms with Crippen LogP contribution in [-0.2, 0) is 5.41 Å². The van der Waals surface area contributed by atoms with Crippen LogP contribution in [0.3, 0.4) is 0 Å². The first-order valence-corrected chi connectivity index (χ1v) is 6.41. The van der Waals surface area contributed by atoms with Crippen molar-refractivity contribution < 1.29 is 8.94 Å². The van der Waals surface area contributed by atoms with E-state index in [1.165, 1.54) is 0 Å². The van der Waals surface area contributed by atoms with Crippen molar-refractivity contribution in [3.05, 3.63) is 24.5 Å². The predicted octanol–water partition coefficient (Wildman–Crippen LogP) is 2.36. The van der Waals surface area contributed by atoms with Gasteiger partial charge in [0.25, 0.3) is 0 Å². The average molecular weight is 247 g/mol. The van der Waals surface area contributed by atoms with Crippen LogP contribution < -0.4 is 5.32 Å². The third kappa shape index (κ3) is 1.84. The smallest absolute Gasteiger partial charge is 0.234 e. The van der Waals surface area contributed by atoms with Crippen molar-refractivity contribution in [2.24, 2.45) is 0 Å². The van der Waals surface area contributed by atoms with E-state index in [4.69, 9.17) is 8.94 Å². The van der Waals surface area contributed by atoms with Crippen LogP contribution in [0.25, 0.3) is 11.4 Å². The summed E-state index contributed by atoms with van der Waals surface area (Å²) in [5.74, 6) is 1.37. The molecule has 3 heterocycles. The van der Waals surface area contributed by atoms with E-state index >= 15 is 0 Å². The third-order valence-corrected chi connectivity index (χ3v) is 3.63. The maximum Gasteiger partial charge on any atom is 0.234 e. The Labute approximate surface area is 106 Å². The molecule has 0 radical (unpaired) electrons. The van der Waals surface area contributed by atoms with E-state index in [0.717, 1.165) is 43.8 Å². The molecule has 1 atom stereocenters. The second-order valence-corrected chi connectivity index (χ2v) is 4.89. The normalized spacial score (nSPS) is 23.6. The summed E-state index contributed by atoms with van der Waals surface area (Å²) in [7, 11) is 0. The third-order valence-electron chi connectivity index (χ3n) is 3.63. The maximum atomic E-state index is 5.49. The Morgan fingerprint density at radius 2 is 2.44 bits per heavy atom. The lowest BCUT2D eigenvalue weighted by Crippen LogP contribution is -2.29. The van der Waals surface area contributed by atoms with Crippen LogP contribution in [0.2, 0.25) is 0 Å². The quantitative estimate of drug-likeness (QED) is 0.898. The van der Waals surface area contributed by atoms with E-state index in [1.807, 2.05) is 6.07 Å². The zero-order valence-electron chi connectivity index (χ0n) is 10.5. The lowest BCUT2D eigenvalue weighted by Gasteiger charge is -2.22. The monoisotopic (exact) mass is 247 g/mol. The van der Waals surface area contributed by atoms with Crippen molar-refractivity contribution in [1.29, 1.82) is 0 Å². The van der Waals surface area contributed by atoms with Crippen LogP contribution >= 0.6 is 0 Å². The minimum Gasteiger partial charge on any atom is -0.472 e. The summed E-state index contributed by atoms with van der Waals surface area (Å²) in [6, 6.07) is 1.84. The molecule has 0 amide bonds. The summed E-state index contributed by atoms with van der Waals surface area (Å²) in [4.78, 5) is 4.55. The standard InChI is InChI=1S/C13H17N3O2/c1-2-4-13(5-6-14-9-13)12-15-11(16-18-12)10-3-7-17-8-10/h3,7-8,14H,2,4-6,9H2,1H3. The van der Waals surface area contributed by atoms with E-state index < -0.39 is 0 Å². The Balaban J connectivity index is 1.92. The first-order chi connectivity index (χ1) is 8.84. The highest BCUT2D eigenvalue weighted by Crippen LogP contribution is 2.35. The summed E-state index contributed by atoms with van der Waals surface area (Å²) >= 11 is 0. The fourth-order valence-corrected chi connectivity index (χ4v) is 2.67. The summed E-state index contributed by atoms with van der Waals surface area (Å²) in [5, 5.41) is 7.45. The van der Waals surface area contributed by atoms with E-state index in [0.29, 0.717) is 5.82 Å². The van der Waals surface area contributed by atoms with Gasteiger partial charge in [0.1, 0.15) is 6.26 Å². The van der Waals surface area contributed by atoms with Gasteiger partial charge >= 0.3 is 0 Å². The van der Waals surface area contributed by atoms with Crippen LogP contribution in [0.5, 0.6) is 0 Å². The van der Waals surface area contributed by atoms with Gasteiger partial charge < -0.3 is 14.3 Å². The fourth-order valence-electron chi connectivity index (χ4n) is 2.67. The highest BCUT2D eigenvalue weighted by atomic mass is 16.5. The average Bonchev–Trinajstić information content (AvgIpc) is 3.11. The molecule has 2 aromatic rings. The van der Waals surface area contributed by atoms with Gasteiger partial charge in [0.2, 0.25) is 11.7 Å².